The van der Waals surface area contributed by atoms with Gasteiger partial charge in [-0.3, -0.25) is 0 Å². The number of alkyl carbamates (subject to hydrolysis) is 1. The van der Waals surface area contributed by atoms with Crippen LogP contribution in [0.1, 0.15) is 55.7 Å². The van der Waals surface area contributed by atoms with Crippen molar-refractivity contribution in [1.82, 2.24) is 14.9 Å². The summed E-state index contributed by atoms with van der Waals surface area (Å²) in [5, 5.41) is 2.91. The fourth-order valence-electron chi connectivity index (χ4n) is 5.08. The Balaban J connectivity index is 1.12. The second-order valence-electron chi connectivity index (χ2n) is 8.96. The number of ether oxygens (including phenoxy) is 1. The number of aromatic nitrogens is 2. The molecule has 0 radical (unpaired) electrons. The van der Waals surface area contributed by atoms with E-state index in [1.54, 1.807) is 0 Å². The average Bonchev–Trinajstić information content (AvgIpc) is 3.40. The van der Waals surface area contributed by atoms with Gasteiger partial charge in [0.1, 0.15) is 12.3 Å². The van der Waals surface area contributed by atoms with Gasteiger partial charge in [-0.05, 0) is 49.7 Å². The molecule has 1 unspecified atom stereocenters. The molecule has 2 aliphatic rings. The number of amides is 1. The first kappa shape index (κ1) is 20.7. The van der Waals surface area contributed by atoms with Crippen molar-refractivity contribution >= 4 is 6.09 Å². The number of carbonyl (C=O) groups excluding carboxylic acids is 1. The average molecular weight is 434 g/mol. The summed E-state index contributed by atoms with van der Waals surface area (Å²) in [5.74, 6) is 0. The van der Waals surface area contributed by atoms with E-state index < -0.39 is 11.8 Å². The number of hydrogen-bond donors (Lipinski definition) is 1. The van der Waals surface area contributed by atoms with Crippen molar-refractivity contribution in [3.05, 3.63) is 78.2 Å². The zero-order chi connectivity index (χ0) is 22.0. The molecule has 0 bridgehead atoms. The molecule has 2 aromatic carbocycles. The minimum Gasteiger partial charge on any atom is -0.445 e. The van der Waals surface area contributed by atoms with E-state index in [9.17, 15) is 4.79 Å². The molecule has 2 heterocycles. The number of nitrogens with one attached hydrogen (secondary N) is 1. The molecule has 1 amide bonds. The maximum absolute atomic E-state index is 15.6. The molecular formula is C26H28FN3O2. The fraction of sp³-hybridized carbons (Fsp3) is 0.385. The van der Waals surface area contributed by atoms with Crippen molar-refractivity contribution in [1.29, 1.82) is 0 Å². The largest absolute Gasteiger partial charge is 0.445 e. The van der Waals surface area contributed by atoms with Gasteiger partial charge in [0.2, 0.25) is 0 Å². The van der Waals surface area contributed by atoms with Crippen LogP contribution >= 0.6 is 0 Å². The standard InChI is InChI=1S/C26H28FN3O2/c27-26(15-12-23-21-8-4-5-9-22(21)24-16-28-18-30(23)24)13-10-20(11-14-26)29-25(31)32-17-19-6-2-1-3-7-19/h1-9,16,18,20,23H,10-15,17H2,(H,29,31). The van der Waals surface area contributed by atoms with Crippen LogP contribution < -0.4 is 5.32 Å². The Morgan fingerprint density at radius 2 is 1.88 bits per heavy atom. The number of nitrogens with zero attached hydrogens (tertiary/aromatic N) is 2. The molecule has 5 nitrogen and oxygen atoms in total. The van der Waals surface area contributed by atoms with Crippen molar-refractivity contribution in [3.63, 3.8) is 0 Å². The molecule has 5 rings (SSSR count). The van der Waals surface area contributed by atoms with Gasteiger partial charge < -0.3 is 14.6 Å². The number of hydrogen-bond acceptors (Lipinski definition) is 3. The highest BCUT2D eigenvalue weighted by Crippen LogP contribution is 2.44. The predicted octanol–water partition coefficient (Wildman–Crippen LogP) is 5.81. The zero-order valence-corrected chi connectivity index (χ0v) is 18.0. The van der Waals surface area contributed by atoms with Gasteiger partial charge in [0.15, 0.2) is 0 Å². The van der Waals surface area contributed by atoms with Crippen LogP contribution in [0.15, 0.2) is 67.1 Å². The minimum absolute atomic E-state index is 0.0328. The van der Waals surface area contributed by atoms with Crippen LogP contribution in [0, 0.1) is 0 Å². The van der Waals surface area contributed by atoms with E-state index in [1.165, 1.54) is 11.1 Å². The molecule has 1 fully saturated rings. The van der Waals surface area contributed by atoms with Gasteiger partial charge in [0.05, 0.1) is 24.3 Å². The summed E-state index contributed by atoms with van der Waals surface area (Å²) in [6.07, 6.45) is 6.75. The van der Waals surface area contributed by atoms with Crippen LogP contribution in [-0.2, 0) is 11.3 Å². The van der Waals surface area contributed by atoms with Gasteiger partial charge in [0.25, 0.3) is 0 Å². The van der Waals surface area contributed by atoms with Gasteiger partial charge in [-0.1, -0.05) is 54.6 Å². The molecule has 32 heavy (non-hydrogen) atoms. The topological polar surface area (TPSA) is 56.2 Å². The van der Waals surface area contributed by atoms with Gasteiger partial charge in [-0.2, -0.15) is 0 Å². The van der Waals surface area contributed by atoms with Crippen molar-refractivity contribution < 1.29 is 13.9 Å². The van der Waals surface area contributed by atoms with E-state index in [0.717, 1.165) is 17.7 Å². The van der Waals surface area contributed by atoms with Gasteiger partial charge in [-0.25, -0.2) is 14.2 Å². The number of benzene rings is 2. The Morgan fingerprint density at radius 3 is 2.69 bits per heavy atom. The van der Waals surface area contributed by atoms with E-state index in [1.807, 2.05) is 55.0 Å². The summed E-state index contributed by atoms with van der Waals surface area (Å²) in [6, 6.07) is 18.0. The van der Waals surface area contributed by atoms with E-state index >= 15 is 4.39 Å². The zero-order valence-electron chi connectivity index (χ0n) is 18.0. The summed E-state index contributed by atoms with van der Waals surface area (Å²) in [7, 11) is 0. The molecule has 1 N–H and O–H groups in total. The van der Waals surface area contributed by atoms with Crippen LogP contribution in [0.4, 0.5) is 9.18 Å². The third kappa shape index (κ3) is 4.27. The van der Waals surface area contributed by atoms with Crippen LogP contribution in [0.3, 0.4) is 0 Å². The van der Waals surface area contributed by atoms with Gasteiger partial charge in [0, 0.05) is 11.6 Å². The normalized spacial score (nSPS) is 23.9. The SMILES string of the molecule is O=C(NC1CCC(F)(CCC2c3ccccc3-c3cncn32)CC1)OCc1ccccc1. The van der Waals surface area contributed by atoms with Gasteiger partial charge in [-0.15, -0.1) is 0 Å². The lowest BCUT2D eigenvalue weighted by Crippen LogP contribution is -2.42. The Morgan fingerprint density at radius 1 is 1.12 bits per heavy atom. The number of carbonyl (C=O) groups is 1. The molecule has 1 aliphatic heterocycles. The highest BCUT2D eigenvalue weighted by atomic mass is 19.1. The lowest BCUT2D eigenvalue weighted by atomic mass is 9.79. The van der Waals surface area contributed by atoms with Crippen LogP contribution in [0.2, 0.25) is 0 Å². The van der Waals surface area contributed by atoms with Gasteiger partial charge >= 0.3 is 6.09 Å². The summed E-state index contributed by atoms with van der Waals surface area (Å²) in [6.45, 7) is 0.242. The van der Waals surface area contributed by atoms with Crippen molar-refractivity contribution in [2.24, 2.45) is 0 Å². The molecule has 1 saturated carbocycles. The van der Waals surface area contributed by atoms with Crippen LogP contribution in [0.5, 0.6) is 0 Å². The number of halogens is 1. The molecule has 1 aliphatic carbocycles. The van der Waals surface area contributed by atoms with E-state index in [0.29, 0.717) is 32.1 Å². The maximum Gasteiger partial charge on any atom is 0.407 e. The Hall–Kier alpha value is -3.15. The quantitative estimate of drug-likeness (QED) is 0.534. The molecular weight excluding hydrogens is 405 g/mol. The smallest absolute Gasteiger partial charge is 0.407 e. The van der Waals surface area contributed by atoms with Crippen molar-refractivity contribution in [2.75, 3.05) is 0 Å². The number of alkyl halides is 1. The fourth-order valence-corrected chi connectivity index (χ4v) is 5.08. The Bertz CT molecular complexity index is 1070. The first-order chi connectivity index (χ1) is 15.6. The highest BCUT2D eigenvalue weighted by molar-refractivity contribution is 5.69. The Kier molecular flexibility index (Phi) is 5.68. The number of fused-ring (bicyclic) bond motifs is 3. The molecule has 3 aromatic rings. The minimum atomic E-state index is -1.19. The van der Waals surface area contributed by atoms with Crippen molar-refractivity contribution in [2.45, 2.75) is 62.9 Å². The summed E-state index contributed by atoms with van der Waals surface area (Å²) in [4.78, 5) is 16.4. The second kappa shape index (κ2) is 8.77. The summed E-state index contributed by atoms with van der Waals surface area (Å²) >= 11 is 0. The molecule has 1 aromatic heterocycles. The first-order valence-electron chi connectivity index (χ1n) is 11.4. The molecule has 166 valence electrons. The van der Waals surface area contributed by atoms with Crippen LogP contribution in [0.25, 0.3) is 11.3 Å². The summed E-state index contributed by atoms with van der Waals surface area (Å²) in [5.41, 5.74) is 3.32. The van der Waals surface area contributed by atoms with Crippen LogP contribution in [-0.4, -0.2) is 27.4 Å². The van der Waals surface area contributed by atoms with E-state index in [2.05, 4.69) is 27.0 Å². The number of imidazole rings is 1. The second-order valence-corrected chi connectivity index (χ2v) is 8.96. The third-order valence-corrected chi connectivity index (χ3v) is 6.88. The molecule has 0 spiro atoms. The van der Waals surface area contributed by atoms with E-state index in [-0.39, 0.29) is 18.7 Å². The Labute approximate surface area is 187 Å². The lowest BCUT2D eigenvalue weighted by molar-refractivity contribution is 0.0730. The molecule has 0 saturated heterocycles. The summed E-state index contributed by atoms with van der Waals surface area (Å²) < 4.78 is 23.1. The lowest BCUT2D eigenvalue weighted by Gasteiger charge is -2.35. The molecule has 1 atom stereocenters. The van der Waals surface area contributed by atoms with Crippen molar-refractivity contribution in [3.8, 4) is 11.3 Å². The monoisotopic (exact) mass is 433 g/mol. The number of rotatable bonds is 6. The molecule has 6 heteroatoms. The predicted molar refractivity (Wildman–Crippen MR) is 121 cm³/mol. The maximum atomic E-state index is 15.6. The van der Waals surface area contributed by atoms with E-state index in [4.69, 9.17) is 4.74 Å². The highest BCUT2D eigenvalue weighted by Gasteiger charge is 2.38. The third-order valence-electron chi connectivity index (χ3n) is 6.88. The first-order valence-corrected chi connectivity index (χ1v) is 11.4.